The van der Waals surface area contributed by atoms with Crippen molar-refractivity contribution in [1.29, 1.82) is 0 Å². The number of hydrogen-bond donors (Lipinski definition) is 1. The van der Waals surface area contributed by atoms with Crippen molar-refractivity contribution in [2.24, 2.45) is 0 Å². The lowest BCUT2D eigenvalue weighted by Gasteiger charge is -2.15. The van der Waals surface area contributed by atoms with Gasteiger partial charge in [-0.15, -0.1) is 0 Å². The number of rotatable bonds is 3. The second kappa shape index (κ2) is 6.13. The van der Waals surface area contributed by atoms with E-state index in [1.807, 2.05) is 41.3 Å². The molecule has 0 bridgehead atoms. The fraction of sp³-hybridized carbons (Fsp3) is 0.211. The quantitative estimate of drug-likeness (QED) is 0.767. The molecule has 0 aliphatic carbocycles. The number of carbonyl (C=O) groups is 1. The minimum atomic E-state index is 0.122. The standard InChI is InChI=1S/C19H18N2OS/c22-19(21-12-6-7-13-21)17-18(23-14-8-2-1-3-9-14)15-10-4-5-11-16(15)20-17/h1-5,8-11,20H,6-7,12-13H2. The molecule has 3 aromatic rings. The number of likely N-dealkylation sites (tertiary alicyclic amines) is 1. The van der Waals surface area contributed by atoms with Crippen molar-refractivity contribution in [2.45, 2.75) is 22.6 Å². The number of aromatic amines is 1. The van der Waals surface area contributed by atoms with Crippen LogP contribution < -0.4 is 0 Å². The van der Waals surface area contributed by atoms with Gasteiger partial charge in [-0.1, -0.05) is 48.2 Å². The third-order valence-electron chi connectivity index (χ3n) is 4.23. The molecule has 2 heterocycles. The molecule has 23 heavy (non-hydrogen) atoms. The predicted octanol–water partition coefficient (Wildman–Crippen LogP) is 4.56. The minimum Gasteiger partial charge on any atom is -0.350 e. The highest BCUT2D eigenvalue weighted by Gasteiger charge is 2.25. The molecule has 0 spiro atoms. The number of fused-ring (bicyclic) bond motifs is 1. The average molecular weight is 322 g/mol. The van der Waals surface area contributed by atoms with Crippen LogP contribution in [-0.2, 0) is 0 Å². The first kappa shape index (κ1) is 14.4. The first-order valence-electron chi connectivity index (χ1n) is 7.96. The van der Waals surface area contributed by atoms with Crippen molar-refractivity contribution < 1.29 is 4.79 Å². The molecule has 0 saturated carbocycles. The molecule has 2 aromatic carbocycles. The fourth-order valence-electron chi connectivity index (χ4n) is 3.06. The largest absolute Gasteiger partial charge is 0.350 e. The molecule has 1 N–H and O–H groups in total. The zero-order valence-electron chi connectivity index (χ0n) is 12.8. The molecule has 1 amide bonds. The van der Waals surface area contributed by atoms with Gasteiger partial charge in [0.2, 0.25) is 0 Å². The van der Waals surface area contributed by atoms with E-state index in [4.69, 9.17) is 0 Å². The van der Waals surface area contributed by atoms with Crippen LogP contribution >= 0.6 is 11.8 Å². The molecular formula is C19H18N2OS. The van der Waals surface area contributed by atoms with Gasteiger partial charge in [0.1, 0.15) is 5.69 Å². The van der Waals surface area contributed by atoms with E-state index in [0.29, 0.717) is 0 Å². The van der Waals surface area contributed by atoms with Gasteiger partial charge in [0.05, 0.1) is 4.90 Å². The number of carbonyl (C=O) groups excluding carboxylic acids is 1. The van der Waals surface area contributed by atoms with Gasteiger partial charge in [-0.3, -0.25) is 4.79 Å². The molecule has 4 rings (SSSR count). The Morgan fingerprint density at radius 3 is 2.43 bits per heavy atom. The maximum Gasteiger partial charge on any atom is 0.271 e. The Hall–Kier alpha value is -2.20. The summed E-state index contributed by atoms with van der Waals surface area (Å²) in [7, 11) is 0. The first-order chi connectivity index (χ1) is 11.3. The maximum absolute atomic E-state index is 12.9. The predicted molar refractivity (Wildman–Crippen MR) is 94.0 cm³/mol. The summed E-state index contributed by atoms with van der Waals surface area (Å²) in [5.41, 5.74) is 1.75. The molecule has 1 saturated heterocycles. The van der Waals surface area contributed by atoms with Crippen LogP contribution in [0.4, 0.5) is 0 Å². The summed E-state index contributed by atoms with van der Waals surface area (Å²) < 4.78 is 0. The van der Waals surface area contributed by atoms with E-state index < -0.39 is 0 Å². The number of amides is 1. The minimum absolute atomic E-state index is 0.122. The molecule has 1 fully saturated rings. The van der Waals surface area contributed by atoms with E-state index in [-0.39, 0.29) is 5.91 Å². The van der Waals surface area contributed by atoms with Crippen molar-refractivity contribution >= 4 is 28.6 Å². The van der Waals surface area contributed by atoms with Crippen LogP contribution in [0.3, 0.4) is 0 Å². The van der Waals surface area contributed by atoms with Crippen LogP contribution in [0.1, 0.15) is 23.3 Å². The van der Waals surface area contributed by atoms with E-state index in [2.05, 4.69) is 23.2 Å². The van der Waals surface area contributed by atoms with Gasteiger partial charge in [-0.2, -0.15) is 0 Å². The van der Waals surface area contributed by atoms with E-state index in [0.717, 1.165) is 52.3 Å². The van der Waals surface area contributed by atoms with Crippen molar-refractivity contribution in [3.8, 4) is 0 Å². The van der Waals surface area contributed by atoms with Gasteiger partial charge in [-0.05, 0) is 31.0 Å². The lowest BCUT2D eigenvalue weighted by atomic mass is 10.2. The van der Waals surface area contributed by atoms with Gasteiger partial charge in [0, 0.05) is 28.9 Å². The van der Waals surface area contributed by atoms with Crippen LogP contribution in [0.2, 0.25) is 0 Å². The van der Waals surface area contributed by atoms with Crippen LogP contribution in [0.5, 0.6) is 0 Å². The molecular weight excluding hydrogens is 304 g/mol. The highest BCUT2D eigenvalue weighted by Crippen LogP contribution is 2.37. The van der Waals surface area contributed by atoms with Gasteiger partial charge in [-0.25, -0.2) is 0 Å². The van der Waals surface area contributed by atoms with Gasteiger partial charge < -0.3 is 9.88 Å². The molecule has 0 radical (unpaired) electrons. The van der Waals surface area contributed by atoms with E-state index >= 15 is 0 Å². The van der Waals surface area contributed by atoms with Crippen molar-refractivity contribution in [3.05, 3.63) is 60.3 Å². The Balaban J connectivity index is 1.79. The van der Waals surface area contributed by atoms with Crippen molar-refractivity contribution in [3.63, 3.8) is 0 Å². The SMILES string of the molecule is O=C(c1[nH]c2ccccc2c1Sc1ccccc1)N1CCCC1. The molecule has 3 nitrogen and oxygen atoms in total. The number of para-hydroxylation sites is 1. The summed E-state index contributed by atoms with van der Waals surface area (Å²) in [5.74, 6) is 0.122. The fourth-order valence-corrected chi connectivity index (χ4v) is 4.11. The number of hydrogen-bond acceptors (Lipinski definition) is 2. The second-order valence-electron chi connectivity index (χ2n) is 5.79. The second-order valence-corrected chi connectivity index (χ2v) is 6.87. The molecule has 1 aliphatic heterocycles. The molecule has 1 aliphatic rings. The van der Waals surface area contributed by atoms with Crippen molar-refractivity contribution in [2.75, 3.05) is 13.1 Å². The zero-order valence-corrected chi connectivity index (χ0v) is 13.6. The van der Waals surface area contributed by atoms with E-state index in [9.17, 15) is 4.79 Å². The number of H-pyrrole nitrogens is 1. The lowest BCUT2D eigenvalue weighted by Crippen LogP contribution is -2.28. The Bertz CT molecular complexity index is 835. The summed E-state index contributed by atoms with van der Waals surface area (Å²) in [4.78, 5) is 20.4. The van der Waals surface area contributed by atoms with Gasteiger partial charge >= 0.3 is 0 Å². The van der Waals surface area contributed by atoms with E-state index in [1.165, 1.54) is 0 Å². The van der Waals surface area contributed by atoms with Crippen LogP contribution in [0.25, 0.3) is 10.9 Å². The first-order valence-corrected chi connectivity index (χ1v) is 8.77. The average Bonchev–Trinajstić information content (AvgIpc) is 3.24. The topological polar surface area (TPSA) is 36.1 Å². The molecule has 0 atom stereocenters. The summed E-state index contributed by atoms with van der Waals surface area (Å²) >= 11 is 1.66. The third kappa shape index (κ3) is 2.75. The molecule has 4 heteroatoms. The normalized spacial score (nSPS) is 14.5. The zero-order chi connectivity index (χ0) is 15.6. The Labute approximate surface area is 139 Å². The van der Waals surface area contributed by atoms with Crippen LogP contribution in [-0.4, -0.2) is 28.9 Å². The molecule has 1 aromatic heterocycles. The molecule has 116 valence electrons. The van der Waals surface area contributed by atoms with Crippen molar-refractivity contribution in [1.82, 2.24) is 9.88 Å². The van der Waals surface area contributed by atoms with Crippen LogP contribution in [0, 0.1) is 0 Å². The highest BCUT2D eigenvalue weighted by atomic mass is 32.2. The summed E-state index contributed by atoms with van der Waals surface area (Å²) in [6.07, 6.45) is 2.21. The number of nitrogens with one attached hydrogen (secondary N) is 1. The number of benzene rings is 2. The Morgan fingerprint density at radius 1 is 0.957 bits per heavy atom. The maximum atomic E-state index is 12.9. The third-order valence-corrected chi connectivity index (χ3v) is 5.36. The highest BCUT2D eigenvalue weighted by molar-refractivity contribution is 7.99. The summed E-state index contributed by atoms with van der Waals surface area (Å²) in [5, 5.41) is 1.11. The van der Waals surface area contributed by atoms with Crippen LogP contribution in [0.15, 0.2) is 64.4 Å². The Kier molecular flexibility index (Phi) is 3.83. The summed E-state index contributed by atoms with van der Waals surface area (Å²) in [6, 6.07) is 18.4. The Morgan fingerprint density at radius 2 is 1.65 bits per heavy atom. The van der Waals surface area contributed by atoms with Gasteiger partial charge in [0.15, 0.2) is 0 Å². The van der Waals surface area contributed by atoms with Gasteiger partial charge in [0.25, 0.3) is 5.91 Å². The molecule has 0 unspecified atom stereocenters. The number of nitrogens with zero attached hydrogens (tertiary/aromatic N) is 1. The van der Waals surface area contributed by atoms with E-state index in [1.54, 1.807) is 11.8 Å². The number of aromatic nitrogens is 1. The monoisotopic (exact) mass is 322 g/mol. The smallest absolute Gasteiger partial charge is 0.271 e. The summed E-state index contributed by atoms with van der Waals surface area (Å²) in [6.45, 7) is 1.73. The lowest BCUT2D eigenvalue weighted by molar-refractivity contribution is 0.0784.